The summed E-state index contributed by atoms with van der Waals surface area (Å²) < 4.78 is 1.09. The van der Waals surface area contributed by atoms with Crippen LogP contribution in [0.3, 0.4) is 0 Å². The van der Waals surface area contributed by atoms with Gasteiger partial charge in [-0.2, -0.15) is 0 Å². The highest BCUT2D eigenvalue weighted by molar-refractivity contribution is 9.10. The van der Waals surface area contributed by atoms with Crippen LogP contribution in [0.1, 0.15) is 19.4 Å². The number of carbonyl (C=O) groups is 1. The molecule has 0 aromatic heterocycles. The highest BCUT2D eigenvalue weighted by atomic mass is 79.9. The molecule has 104 valence electrons. The van der Waals surface area contributed by atoms with Crippen LogP contribution >= 0.6 is 15.9 Å². The van der Waals surface area contributed by atoms with Gasteiger partial charge in [-0.25, -0.2) is 0 Å². The molecule has 1 heterocycles. The smallest absolute Gasteiger partial charge is 0.239 e. The number of halogens is 1. The van der Waals surface area contributed by atoms with Gasteiger partial charge in [0.2, 0.25) is 5.91 Å². The molecule has 19 heavy (non-hydrogen) atoms. The first-order valence-electron chi connectivity index (χ1n) is 6.59. The summed E-state index contributed by atoms with van der Waals surface area (Å²) in [6, 6.07) is 6.76. The average molecular weight is 326 g/mol. The van der Waals surface area contributed by atoms with E-state index >= 15 is 0 Å². The van der Waals surface area contributed by atoms with Crippen molar-refractivity contribution in [3.63, 3.8) is 0 Å². The zero-order valence-electron chi connectivity index (χ0n) is 11.4. The van der Waals surface area contributed by atoms with E-state index in [0.717, 1.165) is 23.2 Å². The number of nitrogens with one attached hydrogen (secondary N) is 2. The van der Waals surface area contributed by atoms with E-state index in [1.165, 1.54) is 5.56 Å². The number of anilines is 1. The molecule has 0 aliphatic carbocycles. The maximum Gasteiger partial charge on any atom is 0.239 e. The maximum absolute atomic E-state index is 11.4. The van der Waals surface area contributed by atoms with Crippen molar-refractivity contribution in [2.75, 3.05) is 24.5 Å². The fraction of sp³-hybridized carbons (Fsp3) is 0.500. The molecule has 1 aliphatic heterocycles. The van der Waals surface area contributed by atoms with Crippen LogP contribution in [0.4, 0.5) is 5.69 Å². The third kappa shape index (κ3) is 3.94. The highest BCUT2D eigenvalue weighted by Gasteiger charge is 2.17. The molecule has 1 aliphatic rings. The third-order valence-electron chi connectivity index (χ3n) is 3.14. The Bertz CT molecular complexity index is 462. The molecule has 1 amide bonds. The van der Waals surface area contributed by atoms with Gasteiger partial charge in [-0.15, -0.1) is 0 Å². The molecule has 0 bridgehead atoms. The summed E-state index contributed by atoms with van der Waals surface area (Å²) in [5.74, 6) is 0.0907. The summed E-state index contributed by atoms with van der Waals surface area (Å²) in [5.41, 5.74) is 2.33. The van der Waals surface area contributed by atoms with Gasteiger partial charge in [0.05, 0.1) is 6.54 Å². The van der Waals surface area contributed by atoms with Crippen LogP contribution in [0.15, 0.2) is 22.7 Å². The van der Waals surface area contributed by atoms with Crippen LogP contribution in [0.5, 0.6) is 0 Å². The molecule has 1 fully saturated rings. The molecular formula is C14H20BrN3O. The maximum atomic E-state index is 11.4. The Balaban J connectivity index is 2.07. The van der Waals surface area contributed by atoms with E-state index < -0.39 is 0 Å². The summed E-state index contributed by atoms with van der Waals surface area (Å²) in [4.78, 5) is 13.5. The van der Waals surface area contributed by atoms with Gasteiger partial charge >= 0.3 is 0 Å². The SMILES string of the molecule is CC(C)NCc1ccc(N2CCNC(=O)C2)cc1Br. The summed E-state index contributed by atoms with van der Waals surface area (Å²) in [5, 5.41) is 6.24. The number of rotatable bonds is 4. The minimum absolute atomic E-state index is 0.0907. The predicted molar refractivity (Wildman–Crippen MR) is 81.3 cm³/mol. The zero-order chi connectivity index (χ0) is 13.8. The van der Waals surface area contributed by atoms with Crippen LogP contribution in [0, 0.1) is 0 Å². The number of hydrogen-bond donors (Lipinski definition) is 2. The molecule has 0 saturated carbocycles. The van der Waals surface area contributed by atoms with E-state index in [9.17, 15) is 4.79 Å². The number of nitrogens with zero attached hydrogens (tertiary/aromatic N) is 1. The Morgan fingerprint density at radius 1 is 1.47 bits per heavy atom. The number of piperazine rings is 1. The van der Waals surface area contributed by atoms with Gasteiger partial charge in [0.15, 0.2) is 0 Å². The quantitative estimate of drug-likeness (QED) is 0.888. The summed E-state index contributed by atoms with van der Waals surface area (Å²) in [7, 11) is 0. The molecule has 0 unspecified atom stereocenters. The standard InChI is InChI=1S/C14H20BrN3O/c1-10(2)17-8-11-3-4-12(7-13(11)15)18-6-5-16-14(19)9-18/h3-4,7,10,17H,5-6,8-9H2,1-2H3,(H,16,19). The minimum atomic E-state index is 0.0907. The molecule has 1 aromatic rings. The summed E-state index contributed by atoms with van der Waals surface area (Å²) in [6.07, 6.45) is 0. The first-order valence-corrected chi connectivity index (χ1v) is 7.39. The number of carbonyl (C=O) groups excluding carboxylic acids is 1. The first-order chi connectivity index (χ1) is 9.06. The van der Waals surface area contributed by atoms with Gasteiger partial charge in [-0.05, 0) is 17.7 Å². The second-order valence-electron chi connectivity index (χ2n) is 5.08. The van der Waals surface area contributed by atoms with Gasteiger partial charge in [0, 0.05) is 35.8 Å². The average Bonchev–Trinajstić information content (AvgIpc) is 2.37. The van der Waals surface area contributed by atoms with Crippen molar-refractivity contribution in [2.45, 2.75) is 26.4 Å². The van der Waals surface area contributed by atoms with E-state index in [2.05, 4.69) is 63.5 Å². The largest absolute Gasteiger partial charge is 0.360 e. The second-order valence-corrected chi connectivity index (χ2v) is 5.94. The van der Waals surface area contributed by atoms with Crippen molar-refractivity contribution in [1.29, 1.82) is 0 Å². The summed E-state index contributed by atoms with van der Waals surface area (Å²) >= 11 is 3.61. The van der Waals surface area contributed by atoms with Crippen LogP contribution in [0.25, 0.3) is 0 Å². The lowest BCUT2D eigenvalue weighted by molar-refractivity contribution is -0.120. The number of hydrogen-bond acceptors (Lipinski definition) is 3. The van der Waals surface area contributed by atoms with E-state index in [-0.39, 0.29) is 5.91 Å². The molecule has 1 aromatic carbocycles. The van der Waals surface area contributed by atoms with Crippen molar-refractivity contribution in [3.8, 4) is 0 Å². The Labute approximate surface area is 122 Å². The van der Waals surface area contributed by atoms with Gasteiger partial charge < -0.3 is 15.5 Å². The molecule has 4 nitrogen and oxygen atoms in total. The predicted octanol–water partition coefficient (Wildman–Crippen LogP) is 1.88. The van der Waals surface area contributed by atoms with Crippen molar-refractivity contribution in [3.05, 3.63) is 28.2 Å². The highest BCUT2D eigenvalue weighted by Crippen LogP contribution is 2.24. The first kappa shape index (κ1) is 14.3. The van der Waals surface area contributed by atoms with Gasteiger partial charge in [-0.3, -0.25) is 4.79 Å². The van der Waals surface area contributed by atoms with E-state index in [0.29, 0.717) is 19.1 Å². The monoisotopic (exact) mass is 325 g/mol. The van der Waals surface area contributed by atoms with Crippen molar-refractivity contribution >= 4 is 27.5 Å². The fourth-order valence-electron chi connectivity index (χ4n) is 2.05. The third-order valence-corrected chi connectivity index (χ3v) is 3.88. The minimum Gasteiger partial charge on any atom is -0.360 e. The second kappa shape index (κ2) is 6.39. The molecule has 0 atom stereocenters. The van der Waals surface area contributed by atoms with Gasteiger partial charge in [0.1, 0.15) is 0 Å². The molecule has 2 N–H and O–H groups in total. The molecular weight excluding hydrogens is 306 g/mol. The number of benzene rings is 1. The normalized spacial score (nSPS) is 15.8. The molecule has 2 rings (SSSR count). The molecule has 1 saturated heterocycles. The van der Waals surface area contributed by atoms with Crippen molar-refractivity contribution in [2.24, 2.45) is 0 Å². The molecule has 0 radical (unpaired) electrons. The zero-order valence-corrected chi connectivity index (χ0v) is 13.0. The van der Waals surface area contributed by atoms with Crippen molar-refractivity contribution in [1.82, 2.24) is 10.6 Å². The number of amides is 1. The lowest BCUT2D eigenvalue weighted by Gasteiger charge is -2.29. The Kier molecular flexibility index (Phi) is 4.82. The van der Waals surface area contributed by atoms with E-state index in [1.54, 1.807) is 0 Å². The van der Waals surface area contributed by atoms with Gasteiger partial charge in [0.25, 0.3) is 0 Å². The Morgan fingerprint density at radius 3 is 2.89 bits per heavy atom. The lowest BCUT2D eigenvalue weighted by atomic mass is 10.1. The van der Waals surface area contributed by atoms with Crippen molar-refractivity contribution < 1.29 is 4.79 Å². The summed E-state index contributed by atoms with van der Waals surface area (Å²) in [6.45, 7) is 7.13. The Hall–Kier alpha value is -1.07. The molecule has 0 spiro atoms. The molecule has 5 heteroatoms. The van der Waals surface area contributed by atoms with E-state index in [4.69, 9.17) is 0 Å². The fourth-order valence-corrected chi connectivity index (χ4v) is 2.56. The van der Waals surface area contributed by atoms with Crippen LogP contribution in [-0.4, -0.2) is 31.6 Å². The Morgan fingerprint density at radius 2 is 2.26 bits per heavy atom. The van der Waals surface area contributed by atoms with Crippen LogP contribution in [0.2, 0.25) is 0 Å². The topological polar surface area (TPSA) is 44.4 Å². The van der Waals surface area contributed by atoms with Crippen LogP contribution in [-0.2, 0) is 11.3 Å². The van der Waals surface area contributed by atoms with Gasteiger partial charge in [-0.1, -0.05) is 35.8 Å². The van der Waals surface area contributed by atoms with E-state index in [1.807, 2.05) is 0 Å². The lowest BCUT2D eigenvalue weighted by Crippen LogP contribution is -2.47. The van der Waals surface area contributed by atoms with Crippen LogP contribution < -0.4 is 15.5 Å².